The van der Waals surface area contributed by atoms with Crippen molar-refractivity contribution in [3.05, 3.63) is 22.4 Å². The Morgan fingerprint density at radius 3 is 2.95 bits per heavy atom. The van der Waals surface area contributed by atoms with E-state index in [1.54, 1.807) is 11.3 Å². The van der Waals surface area contributed by atoms with Gasteiger partial charge in [0, 0.05) is 30.9 Å². The number of hydrogen-bond donors (Lipinski definition) is 2. The normalized spacial score (nSPS) is 24.0. The van der Waals surface area contributed by atoms with Gasteiger partial charge < -0.3 is 15.4 Å². The highest BCUT2D eigenvalue weighted by atomic mass is 32.1. The van der Waals surface area contributed by atoms with Gasteiger partial charge >= 0.3 is 0 Å². The minimum absolute atomic E-state index is 0.0388. The van der Waals surface area contributed by atoms with Crippen molar-refractivity contribution in [2.24, 2.45) is 0 Å². The molecule has 1 aromatic heterocycles. The fourth-order valence-corrected chi connectivity index (χ4v) is 3.77. The van der Waals surface area contributed by atoms with Crippen LogP contribution in [0.2, 0.25) is 0 Å². The lowest BCUT2D eigenvalue weighted by Crippen LogP contribution is -2.47. The van der Waals surface area contributed by atoms with Crippen LogP contribution in [0, 0.1) is 0 Å². The first kappa shape index (κ1) is 15.5. The molecule has 2 aliphatic rings. The van der Waals surface area contributed by atoms with Crippen molar-refractivity contribution in [2.45, 2.75) is 24.9 Å². The molecule has 0 saturated carbocycles. The maximum atomic E-state index is 12.2. The van der Waals surface area contributed by atoms with Crippen molar-refractivity contribution in [1.82, 2.24) is 15.5 Å². The molecule has 0 spiro atoms. The lowest BCUT2D eigenvalue weighted by molar-refractivity contribution is -0.126. The Bertz CT molecular complexity index is 514. The number of hydrogen-bond acceptors (Lipinski definition) is 5. The molecule has 2 fully saturated rings. The fourth-order valence-electron chi connectivity index (χ4n) is 2.91. The van der Waals surface area contributed by atoms with E-state index < -0.39 is 0 Å². The molecular formula is C15H21N3O3S. The van der Waals surface area contributed by atoms with Crippen LogP contribution in [0.1, 0.15) is 23.8 Å². The zero-order valence-electron chi connectivity index (χ0n) is 12.4. The van der Waals surface area contributed by atoms with E-state index in [9.17, 15) is 9.59 Å². The number of amides is 2. The molecule has 3 rings (SSSR count). The first-order valence-corrected chi connectivity index (χ1v) is 8.54. The number of morpholine rings is 1. The lowest BCUT2D eigenvalue weighted by atomic mass is 10.1. The SMILES string of the molecule is O=C1CCC(C(=O)NCC(c2cccs2)N2CCOCC2)N1. The van der Waals surface area contributed by atoms with Crippen LogP contribution in [0.5, 0.6) is 0 Å². The Hall–Kier alpha value is -1.44. The van der Waals surface area contributed by atoms with Gasteiger partial charge in [0.15, 0.2) is 0 Å². The number of ether oxygens (including phenoxy) is 1. The van der Waals surface area contributed by atoms with E-state index in [2.05, 4.69) is 27.0 Å². The van der Waals surface area contributed by atoms with Crippen molar-refractivity contribution < 1.29 is 14.3 Å². The van der Waals surface area contributed by atoms with Crippen LogP contribution >= 0.6 is 11.3 Å². The topological polar surface area (TPSA) is 70.7 Å². The third-order valence-electron chi connectivity index (χ3n) is 4.14. The predicted octanol–water partition coefficient (Wildman–Crippen LogP) is 0.516. The first-order valence-electron chi connectivity index (χ1n) is 7.66. The second kappa shape index (κ2) is 7.21. The zero-order valence-corrected chi connectivity index (χ0v) is 13.2. The van der Waals surface area contributed by atoms with Gasteiger partial charge in [-0.1, -0.05) is 6.07 Å². The van der Waals surface area contributed by atoms with Crippen LogP contribution in [0.4, 0.5) is 0 Å². The van der Waals surface area contributed by atoms with Gasteiger partial charge in [0.25, 0.3) is 0 Å². The Labute approximate surface area is 133 Å². The van der Waals surface area contributed by atoms with E-state index in [4.69, 9.17) is 4.74 Å². The minimum atomic E-state index is -0.374. The molecule has 2 atom stereocenters. The van der Waals surface area contributed by atoms with Crippen LogP contribution in [0.15, 0.2) is 17.5 Å². The highest BCUT2D eigenvalue weighted by molar-refractivity contribution is 7.10. The van der Waals surface area contributed by atoms with E-state index in [-0.39, 0.29) is 23.9 Å². The van der Waals surface area contributed by atoms with Crippen LogP contribution in [0.3, 0.4) is 0 Å². The maximum Gasteiger partial charge on any atom is 0.242 e. The van der Waals surface area contributed by atoms with E-state index in [1.807, 2.05) is 6.07 Å². The van der Waals surface area contributed by atoms with Crippen LogP contribution in [0.25, 0.3) is 0 Å². The second-order valence-electron chi connectivity index (χ2n) is 5.58. The third-order valence-corrected chi connectivity index (χ3v) is 5.11. The molecule has 2 unspecified atom stereocenters. The largest absolute Gasteiger partial charge is 0.379 e. The number of rotatable bonds is 5. The molecular weight excluding hydrogens is 302 g/mol. The smallest absolute Gasteiger partial charge is 0.242 e. The van der Waals surface area contributed by atoms with Crippen molar-refractivity contribution >= 4 is 23.2 Å². The Morgan fingerprint density at radius 1 is 1.50 bits per heavy atom. The average molecular weight is 323 g/mol. The Balaban J connectivity index is 1.60. The molecule has 2 aliphatic heterocycles. The third kappa shape index (κ3) is 3.66. The molecule has 1 aromatic rings. The maximum absolute atomic E-state index is 12.2. The summed E-state index contributed by atoms with van der Waals surface area (Å²) in [4.78, 5) is 27.0. The minimum Gasteiger partial charge on any atom is -0.379 e. The summed E-state index contributed by atoms with van der Waals surface area (Å²) in [6, 6.07) is 3.94. The van der Waals surface area contributed by atoms with Gasteiger partial charge in [-0.25, -0.2) is 0 Å². The molecule has 3 heterocycles. The summed E-state index contributed by atoms with van der Waals surface area (Å²) in [6.45, 7) is 3.77. The van der Waals surface area contributed by atoms with E-state index in [0.29, 0.717) is 19.4 Å². The van der Waals surface area contributed by atoms with Crippen molar-refractivity contribution in [3.63, 3.8) is 0 Å². The van der Waals surface area contributed by atoms with Crippen molar-refractivity contribution in [1.29, 1.82) is 0 Å². The number of carbonyl (C=O) groups excluding carboxylic acids is 2. The zero-order chi connectivity index (χ0) is 15.4. The molecule has 0 radical (unpaired) electrons. The number of nitrogens with one attached hydrogen (secondary N) is 2. The summed E-state index contributed by atoms with van der Waals surface area (Å²) in [7, 11) is 0. The van der Waals surface area contributed by atoms with Gasteiger partial charge in [0.05, 0.1) is 19.3 Å². The van der Waals surface area contributed by atoms with Gasteiger partial charge in [-0.2, -0.15) is 0 Å². The molecule has 2 saturated heterocycles. The second-order valence-corrected chi connectivity index (χ2v) is 6.56. The molecule has 0 aliphatic carbocycles. The van der Waals surface area contributed by atoms with Crippen LogP contribution in [-0.2, 0) is 14.3 Å². The molecule has 7 heteroatoms. The van der Waals surface area contributed by atoms with Crippen molar-refractivity contribution in [2.75, 3.05) is 32.8 Å². The van der Waals surface area contributed by atoms with Gasteiger partial charge in [-0.3, -0.25) is 14.5 Å². The lowest BCUT2D eigenvalue weighted by Gasteiger charge is -2.34. The summed E-state index contributed by atoms with van der Waals surface area (Å²) < 4.78 is 5.41. The van der Waals surface area contributed by atoms with Gasteiger partial charge in [0.2, 0.25) is 11.8 Å². The van der Waals surface area contributed by atoms with E-state index in [1.165, 1.54) is 4.88 Å². The molecule has 0 aromatic carbocycles. The van der Waals surface area contributed by atoms with E-state index >= 15 is 0 Å². The molecule has 2 amide bonds. The predicted molar refractivity (Wildman–Crippen MR) is 83.6 cm³/mol. The number of thiophene rings is 1. The Morgan fingerprint density at radius 2 is 2.32 bits per heavy atom. The van der Waals surface area contributed by atoms with Gasteiger partial charge in [-0.15, -0.1) is 11.3 Å². The van der Waals surface area contributed by atoms with E-state index in [0.717, 1.165) is 26.3 Å². The fraction of sp³-hybridized carbons (Fsp3) is 0.600. The summed E-state index contributed by atoms with van der Waals surface area (Å²) in [5, 5.41) is 7.77. The quantitative estimate of drug-likeness (QED) is 0.829. The van der Waals surface area contributed by atoms with Crippen molar-refractivity contribution in [3.8, 4) is 0 Å². The first-order chi connectivity index (χ1) is 10.7. The number of carbonyl (C=O) groups is 2. The molecule has 22 heavy (non-hydrogen) atoms. The van der Waals surface area contributed by atoms with Gasteiger partial charge in [0.1, 0.15) is 6.04 Å². The summed E-state index contributed by atoms with van der Waals surface area (Å²) in [5.41, 5.74) is 0. The summed E-state index contributed by atoms with van der Waals surface area (Å²) >= 11 is 1.71. The molecule has 2 N–H and O–H groups in total. The average Bonchev–Trinajstić information content (AvgIpc) is 3.20. The monoisotopic (exact) mass is 323 g/mol. The van der Waals surface area contributed by atoms with Gasteiger partial charge in [-0.05, 0) is 17.9 Å². The molecule has 0 bridgehead atoms. The standard InChI is InChI=1S/C15H21N3O3S/c19-14-4-3-11(17-14)15(20)16-10-12(13-2-1-9-22-13)18-5-7-21-8-6-18/h1-2,9,11-12H,3-8,10H2,(H,16,20)(H,17,19). The van der Waals surface area contributed by atoms with Crippen LogP contribution in [-0.4, -0.2) is 55.6 Å². The molecule has 6 nitrogen and oxygen atoms in total. The van der Waals surface area contributed by atoms with Crippen LogP contribution < -0.4 is 10.6 Å². The number of nitrogens with zero attached hydrogens (tertiary/aromatic N) is 1. The summed E-state index contributed by atoms with van der Waals surface area (Å²) in [6.07, 6.45) is 1.03. The highest BCUT2D eigenvalue weighted by Crippen LogP contribution is 2.25. The highest BCUT2D eigenvalue weighted by Gasteiger charge is 2.29. The summed E-state index contributed by atoms with van der Waals surface area (Å²) in [5.74, 6) is -0.121. The molecule has 120 valence electrons. The Kier molecular flexibility index (Phi) is 5.07.